The van der Waals surface area contributed by atoms with Gasteiger partial charge in [-0.3, -0.25) is 9.59 Å². The molecule has 2 aromatic carbocycles. The van der Waals surface area contributed by atoms with E-state index in [2.05, 4.69) is 0 Å². The Morgan fingerprint density at radius 2 is 1.71 bits per heavy atom. The number of rotatable bonds is 5. The monoisotopic (exact) mass is 386 g/mol. The lowest BCUT2D eigenvalue weighted by molar-refractivity contribution is -0.134. The summed E-state index contributed by atoms with van der Waals surface area (Å²) in [6.45, 7) is 3.46. The third kappa shape index (κ3) is 4.60. The van der Waals surface area contributed by atoms with E-state index in [9.17, 15) is 14.0 Å². The van der Waals surface area contributed by atoms with E-state index in [1.54, 1.807) is 29.0 Å². The van der Waals surface area contributed by atoms with Gasteiger partial charge in [0.05, 0.1) is 7.11 Å². The fraction of sp³-hybridized carbons (Fsp3) is 0.333. The SMILES string of the molecule is COc1cc(C)ccc1OCC(=O)N1CCN(C(=O)c2cccc(F)c2)CC1. The lowest BCUT2D eigenvalue weighted by atomic mass is 10.1. The van der Waals surface area contributed by atoms with Crippen LogP contribution >= 0.6 is 0 Å². The standard InChI is InChI=1S/C21H23FN2O4/c1-15-6-7-18(19(12-15)27-2)28-14-20(25)23-8-10-24(11-9-23)21(26)16-4-3-5-17(22)13-16/h3-7,12-13H,8-11,14H2,1-2H3. The van der Waals surface area contributed by atoms with Crippen molar-refractivity contribution in [2.75, 3.05) is 39.9 Å². The van der Waals surface area contributed by atoms with Crippen molar-refractivity contribution in [2.45, 2.75) is 6.92 Å². The van der Waals surface area contributed by atoms with Gasteiger partial charge in [-0.2, -0.15) is 0 Å². The van der Waals surface area contributed by atoms with Crippen LogP contribution in [0.25, 0.3) is 0 Å². The van der Waals surface area contributed by atoms with Crippen molar-refractivity contribution in [3.63, 3.8) is 0 Å². The van der Waals surface area contributed by atoms with Crippen LogP contribution in [0.5, 0.6) is 11.5 Å². The summed E-state index contributed by atoms with van der Waals surface area (Å²) in [5.74, 6) is 0.274. The fourth-order valence-corrected chi connectivity index (χ4v) is 3.09. The van der Waals surface area contributed by atoms with E-state index >= 15 is 0 Å². The van der Waals surface area contributed by atoms with Crippen molar-refractivity contribution < 1.29 is 23.5 Å². The minimum atomic E-state index is -0.441. The van der Waals surface area contributed by atoms with Crippen molar-refractivity contribution in [1.82, 2.24) is 9.80 Å². The van der Waals surface area contributed by atoms with Gasteiger partial charge in [0.2, 0.25) is 0 Å². The summed E-state index contributed by atoms with van der Waals surface area (Å²) >= 11 is 0. The van der Waals surface area contributed by atoms with Crippen molar-refractivity contribution in [1.29, 1.82) is 0 Å². The van der Waals surface area contributed by atoms with Gasteiger partial charge in [-0.05, 0) is 42.8 Å². The Morgan fingerprint density at radius 3 is 2.39 bits per heavy atom. The zero-order chi connectivity index (χ0) is 20.1. The number of hydrogen-bond acceptors (Lipinski definition) is 4. The Balaban J connectivity index is 1.52. The van der Waals surface area contributed by atoms with Crippen LogP contribution in [-0.2, 0) is 4.79 Å². The molecule has 0 saturated carbocycles. The van der Waals surface area contributed by atoms with Crippen LogP contribution in [-0.4, -0.2) is 61.5 Å². The van der Waals surface area contributed by atoms with Crippen molar-refractivity contribution >= 4 is 11.8 Å². The van der Waals surface area contributed by atoms with Crippen molar-refractivity contribution in [3.05, 3.63) is 59.4 Å². The predicted octanol–water partition coefficient (Wildman–Crippen LogP) is 2.51. The molecule has 0 N–H and O–H groups in total. The third-order valence-corrected chi connectivity index (χ3v) is 4.66. The number of carbonyl (C=O) groups is 2. The normalized spacial score (nSPS) is 14.0. The van der Waals surface area contributed by atoms with Crippen molar-refractivity contribution in [2.24, 2.45) is 0 Å². The van der Waals surface area contributed by atoms with Gasteiger partial charge >= 0.3 is 0 Å². The van der Waals surface area contributed by atoms with Gasteiger partial charge in [0.25, 0.3) is 11.8 Å². The van der Waals surface area contributed by atoms with Crippen LogP contribution in [0.1, 0.15) is 15.9 Å². The second-order valence-electron chi connectivity index (χ2n) is 6.63. The largest absolute Gasteiger partial charge is 0.493 e. The van der Waals surface area contributed by atoms with E-state index in [0.717, 1.165) is 5.56 Å². The van der Waals surface area contributed by atoms with Gasteiger partial charge in [-0.1, -0.05) is 12.1 Å². The summed E-state index contributed by atoms with van der Waals surface area (Å²) in [6.07, 6.45) is 0. The second kappa shape index (κ2) is 8.73. The van der Waals surface area contributed by atoms with E-state index in [-0.39, 0.29) is 18.4 Å². The first kappa shape index (κ1) is 19.7. The molecular formula is C21H23FN2O4. The lowest BCUT2D eigenvalue weighted by Gasteiger charge is -2.34. The van der Waals surface area contributed by atoms with Crippen LogP contribution in [0, 0.1) is 12.7 Å². The number of halogens is 1. The topological polar surface area (TPSA) is 59.1 Å². The number of ether oxygens (including phenoxy) is 2. The molecule has 1 saturated heterocycles. The number of benzene rings is 2. The molecule has 28 heavy (non-hydrogen) atoms. The quantitative estimate of drug-likeness (QED) is 0.792. The molecule has 3 rings (SSSR count). The maximum absolute atomic E-state index is 13.3. The number of carbonyl (C=O) groups excluding carboxylic acids is 2. The molecule has 1 fully saturated rings. The molecule has 2 amide bonds. The molecule has 1 aliphatic heterocycles. The maximum Gasteiger partial charge on any atom is 0.260 e. The second-order valence-corrected chi connectivity index (χ2v) is 6.63. The molecular weight excluding hydrogens is 363 g/mol. The molecule has 0 aliphatic carbocycles. The van der Waals surface area contributed by atoms with Crippen LogP contribution in [0.2, 0.25) is 0 Å². The number of amides is 2. The first-order valence-corrected chi connectivity index (χ1v) is 9.08. The van der Waals surface area contributed by atoms with E-state index < -0.39 is 5.82 Å². The van der Waals surface area contributed by atoms with Crippen molar-refractivity contribution in [3.8, 4) is 11.5 Å². The van der Waals surface area contributed by atoms with Gasteiger partial charge in [-0.25, -0.2) is 4.39 Å². The van der Waals surface area contributed by atoms with E-state index in [1.807, 2.05) is 19.1 Å². The molecule has 1 aliphatic rings. The van der Waals surface area contributed by atoms with E-state index in [1.165, 1.54) is 18.2 Å². The summed E-state index contributed by atoms with van der Waals surface area (Å²) in [7, 11) is 1.55. The Hall–Kier alpha value is -3.09. The summed E-state index contributed by atoms with van der Waals surface area (Å²) in [5, 5.41) is 0. The molecule has 2 aromatic rings. The number of aryl methyl sites for hydroxylation is 1. The van der Waals surface area contributed by atoms with E-state index in [4.69, 9.17) is 9.47 Å². The lowest BCUT2D eigenvalue weighted by Crippen LogP contribution is -2.51. The van der Waals surface area contributed by atoms with Gasteiger partial charge in [0.1, 0.15) is 5.82 Å². The average molecular weight is 386 g/mol. The van der Waals surface area contributed by atoms with Gasteiger partial charge < -0.3 is 19.3 Å². The number of hydrogen-bond donors (Lipinski definition) is 0. The summed E-state index contributed by atoms with van der Waals surface area (Å²) in [5.41, 5.74) is 1.35. The third-order valence-electron chi connectivity index (χ3n) is 4.66. The summed E-state index contributed by atoms with van der Waals surface area (Å²) in [4.78, 5) is 28.2. The van der Waals surface area contributed by atoms with E-state index in [0.29, 0.717) is 43.2 Å². The van der Waals surface area contributed by atoms with Gasteiger partial charge in [0.15, 0.2) is 18.1 Å². The smallest absolute Gasteiger partial charge is 0.260 e. The molecule has 0 aromatic heterocycles. The Bertz CT molecular complexity index is 863. The Kier molecular flexibility index (Phi) is 6.13. The molecule has 148 valence electrons. The molecule has 0 radical (unpaired) electrons. The highest BCUT2D eigenvalue weighted by atomic mass is 19.1. The highest BCUT2D eigenvalue weighted by Crippen LogP contribution is 2.27. The first-order valence-electron chi connectivity index (χ1n) is 9.08. The zero-order valence-electron chi connectivity index (χ0n) is 16.0. The molecule has 1 heterocycles. The van der Waals surface area contributed by atoms with Gasteiger partial charge in [-0.15, -0.1) is 0 Å². The summed E-state index contributed by atoms with van der Waals surface area (Å²) < 4.78 is 24.2. The van der Waals surface area contributed by atoms with Crippen LogP contribution in [0.4, 0.5) is 4.39 Å². The fourth-order valence-electron chi connectivity index (χ4n) is 3.09. The summed E-state index contributed by atoms with van der Waals surface area (Å²) in [6, 6.07) is 11.1. The molecule has 0 unspecified atom stereocenters. The van der Waals surface area contributed by atoms with Crippen LogP contribution < -0.4 is 9.47 Å². The molecule has 0 bridgehead atoms. The average Bonchev–Trinajstić information content (AvgIpc) is 2.72. The van der Waals surface area contributed by atoms with Gasteiger partial charge in [0, 0.05) is 31.7 Å². The number of nitrogens with zero attached hydrogens (tertiary/aromatic N) is 2. The number of piperazine rings is 1. The maximum atomic E-state index is 13.3. The predicted molar refractivity (Wildman–Crippen MR) is 102 cm³/mol. The molecule has 7 heteroatoms. The minimum Gasteiger partial charge on any atom is -0.493 e. The first-order chi connectivity index (χ1) is 13.5. The molecule has 6 nitrogen and oxygen atoms in total. The Labute approximate surface area is 163 Å². The zero-order valence-corrected chi connectivity index (χ0v) is 16.0. The molecule has 0 spiro atoms. The van der Waals surface area contributed by atoms with Crippen LogP contribution in [0.3, 0.4) is 0 Å². The highest BCUT2D eigenvalue weighted by Gasteiger charge is 2.25. The Morgan fingerprint density at radius 1 is 1.00 bits per heavy atom. The minimum absolute atomic E-state index is 0.0999. The molecule has 0 atom stereocenters. The number of methoxy groups -OCH3 is 1. The highest BCUT2D eigenvalue weighted by molar-refractivity contribution is 5.94. The van der Waals surface area contributed by atoms with Crippen LogP contribution in [0.15, 0.2) is 42.5 Å².